The van der Waals surface area contributed by atoms with E-state index in [1.54, 1.807) is 17.0 Å². The number of nitrogens with one attached hydrogen (secondary N) is 1. The van der Waals surface area contributed by atoms with Crippen molar-refractivity contribution in [3.05, 3.63) is 57.7 Å². The van der Waals surface area contributed by atoms with Crippen molar-refractivity contribution < 1.29 is 18.4 Å². The molecule has 25 heavy (non-hydrogen) atoms. The maximum atomic E-state index is 13.5. The molecule has 2 amide bonds. The van der Waals surface area contributed by atoms with Gasteiger partial charge in [0.15, 0.2) is 5.76 Å². The van der Waals surface area contributed by atoms with Gasteiger partial charge >= 0.3 is 0 Å². The molecule has 2 heterocycles. The van der Waals surface area contributed by atoms with Crippen molar-refractivity contribution in [1.29, 1.82) is 0 Å². The number of halogens is 2. The monoisotopic (exact) mass is 408 g/mol. The standard InChI is InChI=1S/C18H18BrFN2O3/c1-11-4-7-25-16(11)17(23)21-15-2-5-22(6-3-15)18(24)12-8-13(19)10-14(20)9-12/h4,7-10,15H,2-3,5-6H2,1H3,(H,21,23). The predicted octanol–water partition coefficient (Wildman–Crippen LogP) is 3.52. The number of carbonyl (C=O) groups excluding carboxylic acids is 2. The van der Waals surface area contributed by atoms with Crippen LogP contribution in [0.5, 0.6) is 0 Å². The lowest BCUT2D eigenvalue weighted by Gasteiger charge is -2.32. The van der Waals surface area contributed by atoms with Gasteiger partial charge < -0.3 is 14.6 Å². The highest BCUT2D eigenvalue weighted by atomic mass is 79.9. The van der Waals surface area contributed by atoms with Crippen molar-refractivity contribution >= 4 is 27.7 Å². The van der Waals surface area contributed by atoms with Gasteiger partial charge in [-0.15, -0.1) is 0 Å². The molecule has 0 unspecified atom stereocenters. The van der Waals surface area contributed by atoms with Gasteiger partial charge in [0, 0.05) is 34.7 Å². The molecule has 0 bridgehead atoms. The highest BCUT2D eigenvalue weighted by Gasteiger charge is 2.26. The number of piperidine rings is 1. The van der Waals surface area contributed by atoms with Crippen LogP contribution in [-0.2, 0) is 0 Å². The Morgan fingerprint density at radius 2 is 2.00 bits per heavy atom. The highest BCUT2D eigenvalue weighted by molar-refractivity contribution is 9.10. The minimum atomic E-state index is -0.450. The van der Waals surface area contributed by atoms with Gasteiger partial charge in [0.25, 0.3) is 11.8 Å². The molecular weight excluding hydrogens is 391 g/mol. The van der Waals surface area contributed by atoms with E-state index < -0.39 is 5.82 Å². The largest absolute Gasteiger partial charge is 0.459 e. The molecule has 0 aliphatic carbocycles. The minimum Gasteiger partial charge on any atom is -0.459 e. The number of furan rings is 1. The molecule has 5 nitrogen and oxygen atoms in total. The number of benzene rings is 1. The molecule has 1 aliphatic rings. The molecule has 0 spiro atoms. The van der Waals surface area contributed by atoms with Gasteiger partial charge in [-0.1, -0.05) is 15.9 Å². The van der Waals surface area contributed by atoms with Gasteiger partial charge in [0.2, 0.25) is 0 Å². The van der Waals surface area contributed by atoms with Crippen LogP contribution < -0.4 is 5.32 Å². The molecule has 0 radical (unpaired) electrons. The summed E-state index contributed by atoms with van der Waals surface area (Å²) in [6.07, 6.45) is 2.78. The third kappa shape index (κ3) is 4.10. The number of hydrogen-bond donors (Lipinski definition) is 1. The first kappa shape index (κ1) is 17.7. The maximum absolute atomic E-state index is 13.5. The van der Waals surface area contributed by atoms with Gasteiger partial charge in [0.1, 0.15) is 5.82 Å². The zero-order valence-corrected chi connectivity index (χ0v) is 15.3. The van der Waals surface area contributed by atoms with Crippen molar-refractivity contribution in [1.82, 2.24) is 10.2 Å². The van der Waals surface area contributed by atoms with Crippen LogP contribution in [0.25, 0.3) is 0 Å². The summed E-state index contributed by atoms with van der Waals surface area (Å²) in [6.45, 7) is 2.83. The molecule has 3 rings (SSSR count). The van der Waals surface area contributed by atoms with Crippen LogP contribution in [-0.4, -0.2) is 35.8 Å². The molecule has 7 heteroatoms. The third-order valence-corrected chi connectivity index (χ3v) is 4.75. The lowest BCUT2D eigenvalue weighted by molar-refractivity contribution is 0.0695. The van der Waals surface area contributed by atoms with Crippen molar-refractivity contribution in [2.24, 2.45) is 0 Å². The fourth-order valence-electron chi connectivity index (χ4n) is 2.94. The zero-order chi connectivity index (χ0) is 18.0. The summed E-state index contributed by atoms with van der Waals surface area (Å²) in [7, 11) is 0. The maximum Gasteiger partial charge on any atom is 0.287 e. The fourth-order valence-corrected chi connectivity index (χ4v) is 3.41. The van der Waals surface area contributed by atoms with E-state index in [9.17, 15) is 14.0 Å². The van der Waals surface area contributed by atoms with Crippen LogP contribution in [0.4, 0.5) is 4.39 Å². The second-order valence-corrected chi connectivity index (χ2v) is 7.05. The molecule has 1 fully saturated rings. The Hall–Kier alpha value is -2.15. The Morgan fingerprint density at radius 1 is 1.28 bits per heavy atom. The molecule has 1 saturated heterocycles. The van der Waals surface area contributed by atoms with Crippen LogP contribution in [0.1, 0.15) is 39.3 Å². The average molecular weight is 409 g/mol. The van der Waals surface area contributed by atoms with E-state index in [0.29, 0.717) is 41.7 Å². The molecule has 1 N–H and O–H groups in total. The van der Waals surface area contributed by atoms with Gasteiger partial charge in [-0.3, -0.25) is 9.59 Å². The summed E-state index contributed by atoms with van der Waals surface area (Å²) < 4.78 is 19.2. The number of aryl methyl sites for hydroxylation is 1. The van der Waals surface area contributed by atoms with E-state index in [-0.39, 0.29) is 17.9 Å². The highest BCUT2D eigenvalue weighted by Crippen LogP contribution is 2.19. The van der Waals surface area contributed by atoms with Gasteiger partial charge in [-0.25, -0.2) is 4.39 Å². The Kier molecular flexibility index (Phi) is 5.22. The summed E-state index contributed by atoms with van der Waals surface area (Å²) in [4.78, 5) is 26.4. The molecule has 1 aromatic carbocycles. The van der Waals surface area contributed by atoms with Gasteiger partial charge in [-0.2, -0.15) is 0 Å². The Bertz CT molecular complexity index is 777. The fraction of sp³-hybridized carbons (Fsp3) is 0.333. The summed E-state index contributed by atoms with van der Waals surface area (Å²) in [6, 6.07) is 5.89. The summed E-state index contributed by atoms with van der Waals surface area (Å²) in [5.41, 5.74) is 1.11. The van der Waals surface area contributed by atoms with Crippen LogP contribution in [0.15, 0.2) is 39.4 Å². The molecule has 0 saturated carbocycles. The Labute approximate surface area is 153 Å². The van der Waals surface area contributed by atoms with Crippen molar-refractivity contribution in [3.8, 4) is 0 Å². The van der Waals surface area contributed by atoms with E-state index in [2.05, 4.69) is 21.2 Å². The predicted molar refractivity (Wildman–Crippen MR) is 93.9 cm³/mol. The lowest BCUT2D eigenvalue weighted by atomic mass is 10.0. The molecule has 132 valence electrons. The van der Waals surface area contributed by atoms with Gasteiger partial charge in [-0.05, 0) is 44.0 Å². The Balaban J connectivity index is 1.57. The number of nitrogens with zero attached hydrogens (tertiary/aromatic N) is 1. The first-order valence-corrected chi connectivity index (χ1v) is 8.83. The zero-order valence-electron chi connectivity index (χ0n) is 13.7. The minimum absolute atomic E-state index is 0.0136. The lowest BCUT2D eigenvalue weighted by Crippen LogP contribution is -2.46. The molecule has 1 aromatic heterocycles. The SMILES string of the molecule is Cc1ccoc1C(=O)NC1CCN(C(=O)c2cc(F)cc(Br)c2)CC1. The van der Waals surface area contributed by atoms with E-state index in [1.165, 1.54) is 18.4 Å². The molecule has 1 aliphatic heterocycles. The summed E-state index contributed by atoms with van der Waals surface area (Å²) >= 11 is 3.20. The second kappa shape index (κ2) is 7.39. The molecular formula is C18H18BrFN2O3. The third-order valence-electron chi connectivity index (χ3n) is 4.30. The topological polar surface area (TPSA) is 62.6 Å². The van der Waals surface area contributed by atoms with Crippen LogP contribution in [0, 0.1) is 12.7 Å². The van der Waals surface area contributed by atoms with Crippen molar-refractivity contribution in [2.45, 2.75) is 25.8 Å². The number of hydrogen-bond acceptors (Lipinski definition) is 3. The number of carbonyl (C=O) groups is 2. The van der Waals surface area contributed by atoms with Crippen LogP contribution in [0.2, 0.25) is 0 Å². The van der Waals surface area contributed by atoms with E-state index in [4.69, 9.17) is 4.42 Å². The van der Waals surface area contributed by atoms with Crippen molar-refractivity contribution in [3.63, 3.8) is 0 Å². The van der Waals surface area contributed by atoms with Crippen molar-refractivity contribution in [2.75, 3.05) is 13.1 Å². The smallest absolute Gasteiger partial charge is 0.287 e. The second-order valence-electron chi connectivity index (χ2n) is 6.13. The van der Waals surface area contributed by atoms with Gasteiger partial charge in [0.05, 0.1) is 6.26 Å². The van der Waals surface area contributed by atoms with E-state index in [0.717, 1.165) is 5.56 Å². The molecule has 0 atom stereocenters. The molecule has 2 aromatic rings. The normalized spacial score (nSPS) is 15.2. The first-order valence-electron chi connectivity index (χ1n) is 8.04. The average Bonchev–Trinajstić information content (AvgIpc) is 3.00. The van der Waals surface area contributed by atoms with Crippen LogP contribution in [0.3, 0.4) is 0 Å². The van der Waals surface area contributed by atoms with Crippen LogP contribution >= 0.6 is 15.9 Å². The number of rotatable bonds is 3. The summed E-state index contributed by atoms with van der Waals surface area (Å²) in [5.74, 6) is -0.565. The Morgan fingerprint density at radius 3 is 2.60 bits per heavy atom. The number of amides is 2. The van der Waals surface area contributed by atoms with E-state index >= 15 is 0 Å². The number of likely N-dealkylation sites (tertiary alicyclic amines) is 1. The summed E-state index contributed by atoms with van der Waals surface area (Å²) in [5, 5.41) is 2.94. The first-order chi connectivity index (χ1) is 11.9. The van der Waals surface area contributed by atoms with E-state index in [1.807, 2.05) is 6.92 Å². The quantitative estimate of drug-likeness (QED) is 0.844.